The number of rotatable bonds is 6. The largest absolute Gasteiger partial charge is 0.496 e. The summed E-state index contributed by atoms with van der Waals surface area (Å²) in [5.41, 5.74) is 0.985. The van der Waals surface area contributed by atoms with Crippen LogP contribution in [0.4, 0.5) is 0 Å². The van der Waals surface area contributed by atoms with E-state index in [1.807, 2.05) is 31.2 Å². The van der Waals surface area contributed by atoms with Crippen LogP contribution in [0.25, 0.3) is 0 Å². The molecular weight excluding hydrogens is 392 g/mol. The molecule has 0 aliphatic heterocycles. The fourth-order valence-corrected chi connectivity index (χ4v) is 6.15. The second kappa shape index (κ2) is 9.60. The molecule has 3 N–H and O–H groups in total. The molecule has 6 heteroatoms. The molecule has 0 bridgehead atoms. The molecule has 1 aromatic rings. The Morgan fingerprint density at radius 1 is 1.26 bits per heavy atom. The van der Waals surface area contributed by atoms with Crippen LogP contribution in [-0.2, 0) is 16.1 Å². The summed E-state index contributed by atoms with van der Waals surface area (Å²) in [7, 11) is 1.62. The second-order valence-electron chi connectivity index (χ2n) is 9.90. The van der Waals surface area contributed by atoms with Gasteiger partial charge in [-0.1, -0.05) is 39.0 Å². The first-order valence-electron chi connectivity index (χ1n) is 11.5. The van der Waals surface area contributed by atoms with E-state index in [4.69, 9.17) is 4.74 Å². The van der Waals surface area contributed by atoms with Crippen molar-refractivity contribution in [1.29, 1.82) is 0 Å². The number of aliphatic hydroxyl groups excluding tert-OH is 1. The number of ether oxygens (including phenoxy) is 1. The quantitative estimate of drug-likeness (QED) is 0.646. The fourth-order valence-electron chi connectivity index (χ4n) is 6.15. The molecule has 2 saturated carbocycles. The average Bonchev–Trinajstić information content (AvgIpc) is 2.73. The number of aliphatic hydroxyl groups is 1. The number of nitrogens with one attached hydrogen (secondary N) is 2. The van der Waals surface area contributed by atoms with Crippen molar-refractivity contribution in [2.24, 2.45) is 29.1 Å². The van der Waals surface area contributed by atoms with Crippen LogP contribution in [0.3, 0.4) is 0 Å². The van der Waals surface area contributed by atoms with Gasteiger partial charge < -0.3 is 20.5 Å². The summed E-state index contributed by atoms with van der Waals surface area (Å²) in [5.74, 6) is 0.554. The summed E-state index contributed by atoms with van der Waals surface area (Å²) in [6.45, 7) is 8.28. The lowest BCUT2D eigenvalue weighted by Crippen LogP contribution is -2.58. The third-order valence-corrected chi connectivity index (χ3v) is 7.98. The fraction of sp³-hybridized carbons (Fsp3) is 0.680. The number of fused-ring (bicyclic) bond motifs is 1. The van der Waals surface area contributed by atoms with E-state index in [0.717, 1.165) is 37.0 Å². The maximum Gasteiger partial charge on any atom is 0.223 e. The minimum Gasteiger partial charge on any atom is -0.496 e. The van der Waals surface area contributed by atoms with E-state index < -0.39 is 6.10 Å². The summed E-state index contributed by atoms with van der Waals surface area (Å²) < 4.78 is 5.37. The lowest BCUT2D eigenvalue weighted by atomic mass is 9.51. The van der Waals surface area contributed by atoms with Crippen molar-refractivity contribution >= 4 is 11.8 Å². The van der Waals surface area contributed by atoms with Gasteiger partial charge in [-0.3, -0.25) is 9.59 Å². The van der Waals surface area contributed by atoms with Gasteiger partial charge in [0, 0.05) is 31.0 Å². The summed E-state index contributed by atoms with van der Waals surface area (Å²) in [4.78, 5) is 24.6. The normalized spacial score (nSPS) is 33.7. The molecule has 2 aliphatic rings. The molecule has 0 radical (unpaired) electrons. The first-order valence-corrected chi connectivity index (χ1v) is 11.5. The van der Waals surface area contributed by atoms with Gasteiger partial charge in [-0.05, 0) is 54.9 Å². The molecule has 2 amide bonds. The van der Waals surface area contributed by atoms with Gasteiger partial charge in [0.15, 0.2) is 0 Å². The van der Waals surface area contributed by atoms with Crippen LogP contribution in [0.5, 0.6) is 5.75 Å². The minimum atomic E-state index is -0.558. The van der Waals surface area contributed by atoms with Gasteiger partial charge in [0.2, 0.25) is 11.8 Å². The van der Waals surface area contributed by atoms with E-state index in [9.17, 15) is 14.7 Å². The number of hydrogen-bond donors (Lipinski definition) is 3. The van der Waals surface area contributed by atoms with E-state index in [0.29, 0.717) is 6.54 Å². The summed E-state index contributed by atoms with van der Waals surface area (Å²) >= 11 is 0. The lowest BCUT2D eigenvalue weighted by molar-refractivity contribution is -0.143. The Morgan fingerprint density at radius 3 is 2.61 bits per heavy atom. The maximum absolute atomic E-state index is 13.0. The Hall–Kier alpha value is -2.08. The lowest BCUT2D eigenvalue weighted by Gasteiger charge is -2.56. The summed E-state index contributed by atoms with van der Waals surface area (Å²) in [6, 6.07) is 7.73. The number of carbonyl (C=O) groups is 2. The molecule has 0 spiro atoms. The molecule has 31 heavy (non-hydrogen) atoms. The number of amides is 2. The van der Waals surface area contributed by atoms with E-state index in [-0.39, 0.29) is 46.9 Å². The number of benzene rings is 1. The highest BCUT2D eigenvalue weighted by Gasteiger charge is 2.53. The van der Waals surface area contributed by atoms with Gasteiger partial charge in [0.1, 0.15) is 5.75 Å². The zero-order valence-corrected chi connectivity index (χ0v) is 19.5. The van der Waals surface area contributed by atoms with Crippen molar-refractivity contribution in [3.8, 4) is 5.75 Å². The van der Waals surface area contributed by atoms with Crippen LogP contribution in [0, 0.1) is 29.1 Å². The molecule has 3 rings (SSSR count). The summed E-state index contributed by atoms with van der Waals surface area (Å²) in [5, 5.41) is 17.5. The van der Waals surface area contributed by atoms with Crippen LogP contribution >= 0.6 is 0 Å². The van der Waals surface area contributed by atoms with Crippen molar-refractivity contribution < 1.29 is 19.4 Å². The van der Waals surface area contributed by atoms with Crippen molar-refractivity contribution in [3.05, 3.63) is 29.8 Å². The topological polar surface area (TPSA) is 87.7 Å². The number of hydrogen-bond acceptors (Lipinski definition) is 4. The van der Waals surface area contributed by atoms with E-state index >= 15 is 0 Å². The predicted molar refractivity (Wildman–Crippen MR) is 120 cm³/mol. The Morgan fingerprint density at radius 2 is 1.94 bits per heavy atom. The van der Waals surface area contributed by atoms with Crippen molar-refractivity contribution in [2.45, 2.75) is 72.1 Å². The molecule has 0 unspecified atom stereocenters. The molecule has 0 saturated heterocycles. The SMILES string of the molecule is COc1ccccc1CNC(=O)[C@@H](C)[C@@H]1CC[C@]2(C)CC[C@H](NC(C)=O)[C@H](C)[C@@H]2[C@H]1O. The Balaban J connectivity index is 1.68. The predicted octanol–water partition coefficient (Wildman–Crippen LogP) is 3.28. The molecule has 0 heterocycles. The van der Waals surface area contributed by atoms with Gasteiger partial charge in [-0.2, -0.15) is 0 Å². The van der Waals surface area contributed by atoms with E-state index in [1.54, 1.807) is 14.0 Å². The maximum atomic E-state index is 13.0. The van der Waals surface area contributed by atoms with Gasteiger partial charge in [-0.15, -0.1) is 0 Å². The Bertz CT molecular complexity index is 797. The Kier molecular flexibility index (Phi) is 7.30. The first kappa shape index (κ1) is 23.6. The van der Waals surface area contributed by atoms with Crippen LogP contribution in [0.1, 0.15) is 58.9 Å². The van der Waals surface area contributed by atoms with Crippen molar-refractivity contribution in [3.63, 3.8) is 0 Å². The third kappa shape index (κ3) is 4.89. The molecule has 7 atom stereocenters. The van der Waals surface area contributed by atoms with Gasteiger partial charge in [0.05, 0.1) is 13.2 Å². The molecule has 1 aromatic carbocycles. The molecule has 2 fully saturated rings. The number of carbonyl (C=O) groups excluding carboxylic acids is 2. The minimum absolute atomic E-state index is 0.0219. The summed E-state index contributed by atoms with van der Waals surface area (Å²) in [6.07, 6.45) is 3.22. The standard InChI is InChI=1S/C25H38N2O4/c1-15(24(30)26-14-18-8-6-7-9-21(18)31-5)19-10-12-25(4)13-11-20(27-17(3)28)16(2)22(25)23(19)29/h6-9,15-16,19-20,22-23,29H,10-14H2,1-5H3,(H,26,30)(H,27,28)/t15-,16-,19-,20-,22+,23-,25+/m0/s1. The Labute approximate surface area is 186 Å². The smallest absolute Gasteiger partial charge is 0.223 e. The molecular formula is C25H38N2O4. The zero-order valence-electron chi connectivity index (χ0n) is 19.5. The van der Waals surface area contributed by atoms with E-state index in [2.05, 4.69) is 24.5 Å². The second-order valence-corrected chi connectivity index (χ2v) is 9.90. The average molecular weight is 431 g/mol. The molecule has 2 aliphatic carbocycles. The highest BCUT2D eigenvalue weighted by Crippen LogP contribution is 2.55. The first-order chi connectivity index (χ1) is 14.7. The van der Waals surface area contributed by atoms with Gasteiger partial charge >= 0.3 is 0 Å². The van der Waals surface area contributed by atoms with Crippen molar-refractivity contribution in [2.75, 3.05) is 7.11 Å². The highest BCUT2D eigenvalue weighted by atomic mass is 16.5. The van der Waals surface area contributed by atoms with Gasteiger partial charge in [-0.25, -0.2) is 0 Å². The molecule has 172 valence electrons. The van der Waals surface area contributed by atoms with Crippen LogP contribution < -0.4 is 15.4 Å². The monoisotopic (exact) mass is 430 g/mol. The third-order valence-electron chi connectivity index (χ3n) is 7.98. The number of para-hydroxylation sites is 1. The van der Waals surface area contributed by atoms with E-state index in [1.165, 1.54) is 0 Å². The number of methoxy groups -OCH3 is 1. The molecule has 6 nitrogen and oxygen atoms in total. The van der Waals surface area contributed by atoms with Crippen LogP contribution in [0.15, 0.2) is 24.3 Å². The molecule has 0 aromatic heterocycles. The van der Waals surface area contributed by atoms with Crippen LogP contribution in [-0.4, -0.2) is 36.2 Å². The zero-order chi connectivity index (χ0) is 22.8. The highest BCUT2D eigenvalue weighted by molar-refractivity contribution is 5.78. The van der Waals surface area contributed by atoms with Crippen molar-refractivity contribution in [1.82, 2.24) is 10.6 Å². The van der Waals surface area contributed by atoms with Crippen LogP contribution in [0.2, 0.25) is 0 Å². The van der Waals surface area contributed by atoms with Gasteiger partial charge in [0.25, 0.3) is 0 Å².